The molecule has 1 aliphatic rings. The summed E-state index contributed by atoms with van der Waals surface area (Å²) in [5.74, 6) is 1.16. The van der Waals surface area contributed by atoms with Crippen LogP contribution in [0.4, 0.5) is 0 Å². The number of rotatable bonds is 5. The standard InChI is InChI=1S/C19H33N5OS.HI/c1-19(2,3)23-16(25)13-22-18(20-4)21-12-14-8-6-10-24(5)17(14)15-9-7-11-26-15;/h7,9,11,14,17H,6,8,10,12-13H2,1-5H3,(H,23,25)(H2,20,21,22);1H. The van der Waals surface area contributed by atoms with E-state index in [0.717, 1.165) is 13.1 Å². The van der Waals surface area contributed by atoms with E-state index in [1.54, 1.807) is 7.05 Å². The molecule has 0 spiro atoms. The molecule has 2 rings (SSSR count). The van der Waals surface area contributed by atoms with Crippen LogP contribution in [0, 0.1) is 5.92 Å². The maximum Gasteiger partial charge on any atom is 0.239 e. The molecule has 0 bridgehead atoms. The number of nitrogens with one attached hydrogen (secondary N) is 3. The van der Waals surface area contributed by atoms with Crippen LogP contribution in [-0.2, 0) is 4.79 Å². The zero-order valence-electron chi connectivity index (χ0n) is 17.0. The van der Waals surface area contributed by atoms with Crippen LogP contribution in [0.3, 0.4) is 0 Å². The molecule has 2 heterocycles. The van der Waals surface area contributed by atoms with E-state index in [1.807, 2.05) is 32.1 Å². The Kier molecular flexibility index (Phi) is 10.0. The summed E-state index contributed by atoms with van der Waals surface area (Å²) < 4.78 is 0. The molecule has 1 aromatic rings. The maximum absolute atomic E-state index is 12.0. The van der Waals surface area contributed by atoms with Crippen LogP contribution in [0.25, 0.3) is 0 Å². The highest BCUT2D eigenvalue weighted by molar-refractivity contribution is 14.0. The Bertz CT molecular complexity index is 600. The van der Waals surface area contributed by atoms with Crippen molar-refractivity contribution in [2.75, 3.05) is 33.7 Å². The molecule has 0 radical (unpaired) electrons. The van der Waals surface area contributed by atoms with Crippen molar-refractivity contribution < 1.29 is 4.79 Å². The lowest BCUT2D eigenvalue weighted by atomic mass is 9.88. The molecule has 1 saturated heterocycles. The SMILES string of the molecule is CN=C(NCC(=O)NC(C)(C)C)NCC1CCCN(C)C1c1cccs1.I. The molecular formula is C19H34IN5OS. The Balaban J connectivity index is 0.00000364. The second-order valence-electron chi connectivity index (χ2n) is 7.95. The van der Waals surface area contributed by atoms with Crippen LogP contribution in [0.2, 0.25) is 0 Å². The molecule has 2 atom stereocenters. The zero-order chi connectivity index (χ0) is 19.2. The lowest BCUT2D eigenvalue weighted by molar-refractivity contribution is -0.121. The lowest BCUT2D eigenvalue weighted by Crippen LogP contribution is -2.49. The number of nitrogens with zero attached hydrogens (tertiary/aromatic N) is 2. The number of halogens is 1. The third-order valence-electron chi connectivity index (χ3n) is 4.53. The molecule has 3 N–H and O–H groups in total. The third-order valence-corrected chi connectivity index (χ3v) is 5.47. The normalized spacial score (nSPS) is 21.3. The quantitative estimate of drug-likeness (QED) is 0.326. The minimum atomic E-state index is -0.226. The molecule has 1 aliphatic heterocycles. The number of carbonyl (C=O) groups is 1. The first-order chi connectivity index (χ1) is 12.3. The summed E-state index contributed by atoms with van der Waals surface area (Å²) in [6.45, 7) is 8.12. The third kappa shape index (κ3) is 7.95. The molecule has 27 heavy (non-hydrogen) atoms. The minimum absolute atomic E-state index is 0. The average molecular weight is 507 g/mol. The summed E-state index contributed by atoms with van der Waals surface area (Å²) in [5, 5.41) is 11.6. The number of hydrogen-bond acceptors (Lipinski definition) is 4. The topological polar surface area (TPSA) is 68.8 Å². The van der Waals surface area contributed by atoms with Crippen LogP contribution >= 0.6 is 35.3 Å². The number of aliphatic imine (C=N–C) groups is 1. The van der Waals surface area contributed by atoms with Gasteiger partial charge in [0.25, 0.3) is 0 Å². The second-order valence-corrected chi connectivity index (χ2v) is 8.93. The summed E-state index contributed by atoms with van der Waals surface area (Å²) in [7, 11) is 3.95. The largest absolute Gasteiger partial charge is 0.356 e. The predicted molar refractivity (Wildman–Crippen MR) is 125 cm³/mol. The first kappa shape index (κ1) is 24.2. The molecule has 2 unspecified atom stereocenters. The van der Waals surface area contributed by atoms with E-state index in [4.69, 9.17) is 0 Å². The van der Waals surface area contributed by atoms with Gasteiger partial charge in [-0.15, -0.1) is 35.3 Å². The van der Waals surface area contributed by atoms with Gasteiger partial charge in [0, 0.05) is 30.1 Å². The molecular weight excluding hydrogens is 473 g/mol. The summed E-state index contributed by atoms with van der Waals surface area (Å²) >= 11 is 1.83. The van der Waals surface area contributed by atoms with Crippen LogP contribution in [0.5, 0.6) is 0 Å². The second kappa shape index (κ2) is 11.2. The fourth-order valence-corrected chi connectivity index (χ4v) is 4.44. The summed E-state index contributed by atoms with van der Waals surface area (Å²) in [5.41, 5.74) is -0.226. The van der Waals surface area contributed by atoms with Crippen LogP contribution in [0.15, 0.2) is 22.5 Å². The molecule has 1 fully saturated rings. The van der Waals surface area contributed by atoms with Gasteiger partial charge in [0.05, 0.1) is 6.54 Å². The van der Waals surface area contributed by atoms with E-state index in [9.17, 15) is 4.79 Å². The van der Waals surface area contributed by atoms with E-state index in [0.29, 0.717) is 17.9 Å². The summed E-state index contributed by atoms with van der Waals surface area (Å²) in [4.78, 5) is 20.1. The van der Waals surface area contributed by atoms with Gasteiger partial charge in [-0.3, -0.25) is 14.7 Å². The number of guanidine groups is 1. The van der Waals surface area contributed by atoms with E-state index >= 15 is 0 Å². The fourth-order valence-electron chi connectivity index (χ4n) is 3.46. The van der Waals surface area contributed by atoms with Gasteiger partial charge in [0.15, 0.2) is 5.96 Å². The molecule has 0 saturated carbocycles. The van der Waals surface area contributed by atoms with Crippen molar-refractivity contribution in [3.63, 3.8) is 0 Å². The van der Waals surface area contributed by atoms with Crippen molar-refractivity contribution in [3.8, 4) is 0 Å². The van der Waals surface area contributed by atoms with Crippen molar-refractivity contribution in [1.29, 1.82) is 0 Å². The van der Waals surface area contributed by atoms with Crippen molar-refractivity contribution in [2.24, 2.45) is 10.9 Å². The number of piperidine rings is 1. The molecule has 1 amide bonds. The first-order valence-corrected chi connectivity index (χ1v) is 10.2. The van der Waals surface area contributed by atoms with Crippen LogP contribution in [-0.4, -0.2) is 56.0 Å². The highest BCUT2D eigenvalue weighted by Crippen LogP contribution is 2.36. The number of amides is 1. The molecule has 0 aliphatic carbocycles. The highest BCUT2D eigenvalue weighted by Gasteiger charge is 2.31. The highest BCUT2D eigenvalue weighted by atomic mass is 127. The summed E-state index contributed by atoms with van der Waals surface area (Å²) in [6.07, 6.45) is 2.41. The van der Waals surface area contributed by atoms with Crippen molar-refractivity contribution in [2.45, 2.75) is 45.2 Å². The zero-order valence-corrected chi connectivity index (χ0v) is 20.2. The Morgan fingerprint density at radius 1 is 1.37 bits per heavy atom. The van der Waals surface area contributed by atoms with Gasteiger partial charge >= 0.3 is 0 Å². The number of thiophene rings is 1. The van der Waals surface area contributed by atoms with Crippen LogP contribution < -0.4 is 16.0 Å². The van der Waals surface area contributed by atoms with Gasteiger partial charge < -0.3 is 16.0 Å². The first-order valence-electron chi connectivity index (χ1n) is 9.29. The Morgan fingerprint density at radius 3 is 2.70 bits per heavy atom. The average Bonchev–Trinajstić information content (AvgIpc) is 3.07. The lowest BCUT2D eigenvalue weighted by Gasteiger charge is -2.39. The molecule has 154 valence electrons. The minimum Gasteiger partial charge on any atom is -0.356 e. The van der Waals surface area contributed by atoms with E-state index < -0.39 is 0 Å². The molecule has 6 nitrogen and oxygen atoms in total. The van der Waals surface area contributed by atoms with Gasteiger partial charge in [0.1, 0.15) is 0 Å². The number of likely N-dealkylation sites (tertiary alicyclic amines) is 1. The summed E-state index contributed by atoms with van der Waals surface area (Å²) in [6, 6.07) is 4.80. The van der Waals surface area contributed by atoms with Gasteiger partial charge in [-0.25, -0.2) is 0 Å². The molecule has 1 aromatic heterocycles. The van der Waals surface area contributed by atoms with Crippen molar-refractivity contribution in [3.05, 3.63) is 22.4 Å². The Labute approximate surface area is 184 Å². The van der Waals surface area contributed by atoms with Crippen LogP contribution in [0.1, 0.15) is 44.5 Å². The smallest absolute Gasteiger partial charge is 0.239 e. The van der Waals surface area contributed by atoms with Gasteiger partial charge in [-0.2, -0.15) is 0 Å². The van der Waals surface area contributed by atoms with Crippen molar-refractivity contribution >= 4 is 47.2 Å². The Hall–Kier alpha value is -0.870. The van der Waals surface area contributed by atoms with Gasteiger partial charge in [0.2, 0.25) is 5.91 Å². The van der Waals surface area contributed by atoms with E-state index in [1.165, 1.54) is 17.7 Å². The van der Waals surface area contributed by atoms with Gasteiger partial charge in [-0.1, -0.05) is 6.07 Å². The van der Waals surface area contributed by atoms with Gasteiger partial charge in [-0.05, 0) is 64.6 Å². The molecule has 0 aromatic carbocycles. The number of carbonyl (C=O) groups excluding carboxylic acids is 1. The predicted octanol–water partition coefficient (Wildman–Crippen LogP) is 2.83. The van der Waals surface area contributed by atoms with E-state index in [2.05, 4.69) is 50.4 Å². The van der Waals surface area contributed by atoms with Crippen molar-refractivity contribution in [1.82, 2.24) is 20.9 Å². The maximum atomic E-state index is 12.0. The van der Waals surface area contributed by atoms with E-state index in [-0.39, 0.29) is 42.0 Å². The molecule has 8 heteroatoms. The monoisotopic (exact) mass is 507 g/mol. The fraction of sp³-hybridized carbons (Fsp3) is 0.684. The number of hydrogen-bond donors (Lipinski definition) is 3. The Morgan fingerprint density at radius 2 is 2.11 bits per heavy atom.